The second kappa shape index (κ2) is 8.43. The summed E-state index contributed by atoms with van der Waals surface area (Å²) in [6.07, 6.45) is 4.48. The molecule has 0 aliphatic carbocycles. The van der Waals surface area contributed by atoms with Crippen molar-refractivity contribution < 1.29 is 13.7 Å². The molecule has 1 amide bonds. The highest BCUT2D eigenvalue weighted by molar-refractivity contribution is 5.76. The minimum Gasteiger partial charge on any atom is -0.342 e. The molecule has 26 heavy (non-hydrogen) atoms. The van der Waals surface area contributed by atoms with Crippen LogP contribution in [0, 0.1) is 17.7 Å². The second-order valence-corrected chi connectivity index (χ2v) is 7.51. The molecule has 6 heteroatoms. The number of likely N-dealkylation sites (tertiary alicyclic amines) is 1. The fourth-order valence-corrected chi connectivity index (χ4v) is 3.40. The maximum absolute atomic E-state index is 13.0. The number of benzene rings is 1. The van der Waals surface area contributed by atoms with Crippen LogP contribution < -0.4 is 0 Å². The van der Waals surface area contributed by atoms with Gasteiger partial charge in [0.15, 0.2) is 5.82 Å². The van der Waals surface area contributed by atoms with E-state index in [2.05, 4.69) is 24.0 Å². The van der Waals surface area contributed by atoms with E-state index in [1.165, 1.54) is 12.1 Å². The van der Waals surface area contributed by atoms with Gasteiger partial charge in [-0.25, -0.2) is 4.39 Å². The SMILES string of the molecule is CC(C)CC(=O)N1CCCC(CCc2noc(-c3ccc(F)cc3)n2)C1. The molecule has 5 nitrogen and oxygen atoms in total. The molecule has 0 spiro atoms. The molecule has 140 valence electrons. The molecule has 1 unspecified atom stereocenters. The van der Waals surface area contributed by atoms with E-state index in [1.807, 2.05) is 4.90 Å². The van der Waals surface area contributed by atoms with Crippen molar-refractivity contribution in [2.24, 2.45) is 11.8 Å². The van der Waals surface area contributed by atoms with E-state index in [-0.39, 0.29) is 11.7 Å². The van der Waals surface area contributed by atoms with Crippen molar-refractivity contribution >= 4 is 5.91 Å². The molecule has 1 saturated heterocycles. The topological polar surface area (TPSA) is 59.2 Å². The summed E-state index contributed by atoms with van der Waals surface area (Å²) in [6.45, 7) is 5.86. The van der Waals surface area contributed by atoms with Crippen LogP contribution in [0.4, 0.5) is 4.39 Å². The van der Waals surface area contributed by atoms with Crippen molar-refractivity contribution in [1.29, 1.82) is 0 Å². The van der Waals surface area contributed by atoms with Gasteiger partial charge in [0.05, 0.1) is 0 Å². The van der Waals surface area contributed by atoms with Gasteiger partial charge in [0.2, 0.25) is 5.91 Å². The summed E-state index contributed by atoms with van der Waals surface area (Å²) in [4.78, 5) is 18.7. The van der Waals surface area contributed by atoms with Crippen LogP contribution >= 0.6 is 0 Å². The predicted molar refractivity (Wildman–Crippen MR) is 96.8 cm³/mol. The van der Waals surface area contributed by atoms with Crippen LogP contribution in [-0.2, 0) is 11.2 Å². The first-order valence-corrected chi connectivity index (χ1v) is 9.37. The number of nitrogens with zero attached hydrogens (tertiary/aromatic N) is 3. The van der Waals surface area contributed by atoms with E-state index < -0.39 is 0 Å². The molecule has 0 bridgehead atoms. The van der Waals surface area contributed by atoms with E-state index in [0.717, 1.165) is 38.8 Å². The van der Waals surface area contributed by atoms with Gasteiger partial charge in [-0.1, -0.05) is 19.0 Å². The van der Waals surface area contributed by atoms with Crippen molar-refractivity contribution in [2.75, 3.05) is 13.1 Å². The van der Waals surface area contributed by atoms with Crippen LogP contribution in [0.1, 0.15) is 45.4 Å². The molecule has 1 fully saturated rings. The van der Waals surface area contributed by atoms with Crippen LogP contribution in [0.2, 0.25) is 0 Å². The molecule has 2 heterocycles. The zero-order valence-corrected chi connectivity index (χ0v) is 15.4. The Morgan fingerprint density at radius 1 is 1.35 bits per heavy atom. The Kier molecular flexibility index (Phi) is 6.01. The number of hydrogen-bond donors (Lipinski definition) is 0. The van der Waals surface area contributed by atoms with E-state index in [0.29, 0.717) is 35.5 Å². The normalized spacial score (nSPS) is 17.7. The molecule has 0 N–H and O–H groups in total. The molecule has 0 radical (unpaired) electrons. The van der Waals surface area contributed by atoms with Gasteiger partial charge in [0, 0.05) is 31.5 Å². The maximum atomic E-state index is 13.0. The Labute approximate surface area is 153 Å². The fourth-order valence-electron chi connectivity index (χ4n) is 3.40. The standard InChI is InChI=1S/C20H26FN3O2/c1-14(2)12-19(25)24-11-3-4-15(13-24)5-10-18-22-20(26-23-18)16-6-8-17(21)9-7-16/h6-9,14-15H,3-5,10-13H2,1-2H3. The summed E-state index contributed by atoms with van der Waals surface area (Å²) < 4.78 is 18.3. The van der Waals surface area contributed by atoms with Gasteiger partial charge in [-0.2, -0.15) is 4.98 Å². The first kappa shape index (κ1) is 18.5. The highest BCUT2D eigenvalue weighted by Gasteiger charge is 2.24. The van der Waals surface area contributed by atoms with Crippen molar-refractivity contribution in [1.82, 2.24) is 15.0 Å². The van der Waals surface area contributed by atoms with Crippen molar-refractivity contribution in [3.05, 3.63) is 35.9 Å². The third-order valence-corrected chi connectivity index (χ3v) is 4.79. The van der Waals surface area contributed by atoms with E-state index in [4.69, 9.17) is 4.52 Å². The number of carbonyl (C=O) groups is 1. The highest BCUT2D eigenvalue weighted by Crippen LogP contribution is 2.23. The third-order valence-electron chi connectivity index (χ3n) is 4.79. The van der Waals surface area contributed by atoms with Gasteiger partial charge in [-0.3, -0.25) is 4.79 Å². The van der Waals surface area contributed by atoms with Crippen LogP contribution in [0.15, 0.2) is 28.8 Å². The van der Waals surface area contributed by atoms with Crippen LogP contribution in [0.3, 0.4) is 0 Å². The summed E-state index contributed by atoms with van der Waals surface area (Å²) in [7, 11) is 0. The fraction of sp³-hybridized carbons (Fsp3) is 0.550. The Balaban J connectivity index is 1.52. The summed E-state index contributed by atoms with van der Waals surface area (Å²) in [5.74, 6) is 1.93. The number of aromatic nitrogens is 2. The molecule has 1 aromatic heterocycles. The molecular formula is C20H26FN3O2. The third kappa shape index (κ3) is 4.90. The van der Waals surface area contributed by atoms with Crippen LogP contribution in [0.25, 0.3) is 11.5 Å². The highest BCUT2D eigenvalue weighted by atomic mass is 19.1. The molecular weight excluding hydrogens is 333 g/mol. The Morgan fingerprint density at radius 2 is 2.12 bits per heavy atom. The van der Waals surface area contributed by atoms with Gasteiger partial charge < -0.3 is 9.42 Å². The average Bonchev–Trinajstić information content (AvgIpc) is 3.09. The largest absolute Gasteiger partial charge is 0.342 e. The van der Waals surface area contributed by atoms with Gasteiger partial charge >= 0.3 is 0 Å². The van der Waals surface area contributed by atoms with Crippen molar-refractivity contribution in [3.8, 4) is 11.5 Å². The second-order valence-electron chi connectivity index (χ2n) is 7.51. The summed E-state index contributed by atoms with van der Waals surface area (Å²) in [5.41, 5.74) is 0.716. The van der Waals surface area contributed by atoms with Crippen LogP contribution in [-0.4, -0.2) is 34.0 Å². The lowest BCUT2D eigenvalue weighted by molar-refractivity contribution is -0.133. The predicted octanol–water partition coefficient (Wildman–Crippen LogP) is 4.09. The molecule has 1 atom stereocenters. The summed E-state index contributed by atoms with van der Waals surface area (Å²) in [5, 5.41) is 4.03. The number of rotatable bonds is 6. The first-order valence-electron chi connectivity index (χ1n) is 9.37. The molecule has 2 aromatic rings. The number of hydrogen-bond acceptors (Lipinski definition) is 4. The van der Waals surface area contributed by atoms with Crippen LogP contribution in [0.5, 0.6) is 0 Å². The summed E-state index contributed by atoms with van der Waals surface area (Å²) in [6, 6.07) is 6.02. The number of carbonyl (C=O) groups excluding carboxylic acids is 1. The quantitative estimate of drug-likeness (QED) is 0.779. The molecule has 0 saturated carbocycles. The van der Waals surface area contributed by atoms with Crippen molar-refractivity contribution in [3.63, 3.8) is 0 Å². The Bertz CT molecular complexity index is 727. The monoisotopic (exact) mass is 359 g/mol. The number of amides is 1. The van der Waals surface area contributed by atoms with E-state index >= 15 is 0 Å². The van der Waals surface area contributed by atoms with Gasteiger partial charge in [-0.05, 0) is 55.4 Å². The molecule has 1 aliphatic rings. The average molecular weight is 359 g/mol. The zero-order chi connectivity index (χ0) is 18.5. The molecule has 1 aliphatic heterocycles. The lowest BCUT2D eigenvalue weighted by Gasteiger charge is -2.33. The van der Waals surface area contributed by atoms with E-state index in [1.54, 1.807) is 12.1 Å². The summed E-state index contributed by atoms with van der Waals surface area (Å²) >= 11 is 0. The van der Waals surface area contributed by atoms with Gasteiger partial charge in [-0.15, -0.1) is 0 Å². The van der Waals surface area contributed by atoms with E-state index in [9.17, 15) is 9.18 Å². The molecule has 3 rings (SSSR count). The van der Waals surface area contributed by atoms with Crippen molar-refractivity contribution in [2.45, 2.75) is 46.0 Å². The van der Waals surface area contributed by atoms with Gasteiger partial charge in [0.1, 0.15) is 5.82 Å². The van der Waals surface area contributed by atoms with Gasteiger partial charge in [0.25, 0.3) is 5.89 Å². The lowest BCUT2D eigenvalue weighted by Crippen LogP contribution is -2.40. The lowest BCUT2D eigenvalue weighted by atomic mass is 9.92. The number of aryl methyl sites for hydroxylation is 1. The Morgan fingerprint density at radius 3 is 2.85 bits per heavy atom. The zero-order valence-electron chi connectivity index (χ0n) is 15.4. The minimum atomic E-state index is -0.289. The minimum absolute atomic E-state index is 0.267. The number of piperidine rings is 1. The number of halogens is 1. The molecule has 1 aromatic carbocycles. The smallest absolute Gasteiger partial charge is 0.257 e. The first-order chi connectivity index (χ1) is 12.5. The maximum Gasteiger partial charge on any atom is 0.257 e. The Hall–Kier alpha value is -2.24.